The second kappa shape index (κ2) is 9.58. The van der Waals surface area contributed by atoms with Crippen molar-refractivity contribution in [3.63, 3.8) is 0 Å². The summed E-state index contributed by atoms with van der Waals surface area (Å²) in [5.74, 6) is -5.22. The number of benzene rings is 2. The number of carbonyl (C=O) groups is 2. The minimum Gasteiger partial charge on any atom is -0.338 e. The summed E-state index contributed by atoms with van der Waals surface area (Å²) in [4.78, 5) is 27.7. The van der Waals surface area contributed by atoms with Gasteiger partial charge in [0, 0.05) is 13.1 Å². The van der Waals surface area contributed by atoms with Gasteiger partial charge < -0.3 is 10.2 Å². The van der Waals surface area contributed by atoms with Crippen LogP contribution in [-0.4, -0.2) is 54.8 Å². The zero-order valence-corrected chi connectivity index (χ0v) is 16.5. The highest BCUT2D eigenvalue weighted by Crippen LogP contribution is 2.22. The lowest BCUT2D eigenvalue weighted by Crippen LogP contribution is -2.43. The van der Waals surface area contributed by atoms with Crippen LogP contribution in [0.5, 0.6) is 0 Å². The number of likely N-dealkylation sites (N-methyl/N-ethyl adjacent to an activating group) is 1. The van der Waals surface area contributed by atoms with Crippen LogP contribution in [0, 0.1) is 17.5 Å². The third-order valence-electron chi connectivity index (χ3n) is 4.83. The van der Waals surface area contributed by atoms with Crippen LogP contribution in [0.25, 0.3) is 5.57 Å². The van der Waals surface area contributed by atoms with Crippen LogP contribution in [0.1, 0.15) is 12.0 Å². The average Bonchev–Trinajstić information content (AvgIpc) is 2.74. The number of hydrogen-bond acceptors (Lipinski definition) is 3. The number of hydrogen-bond donors (Lipinski definition) is 1. The Morgan fingerprint density at radius 1 is 1.03 bits per heavy atom. The molecule has 2 aromatic carbocycles. The van der Waals surface area contributed by atoms with Crippen molar-refractivity contribution in [1.82, 2.24) is 9.80 Å². The van der Waals surface area contributed by atoms with E-state index in [0.717, 1.165) is 24.1 Å². The number of amides is 2. The molecule has 2 amide bonds. The average molecular weight is 417 g/mol. The molecular weight excluding hydrogens is 395 g/mol. The van der Waals surface area contributed by atoms with Crippen molar-refractivity contribution >= 4 is 23.1 Å². The molecule has 0 aliphatic carbocycles. The molecule has 30 heavy (non-hydrogen) atoms. The molecular formula is C22H22F3N3O2. The minimum atomic E-state index is -1.65. The molecule has 0 bridgehead atoms. The van der Waals surface area contributed by atoms with Crippen LogP contribution >= 0.6 is 0 Å². The third kappa shape index (κ3) is 5.27. The predicted octanol–water partition coefficient (Wildman–Crippen LogP) is 3.29. The van der Waals surface area contributed by atoms with E-state index in [9.17, 15) is 22.8 Å². The van der Waals surface area contributed by atoms with Crippen molar-refractivity contribution in [2.75, 3.05) is 38.5 Å². The highest BCUT2D eigenvalue weighted by molar-refractivity contribution is 5.92. The van der Waals surface area contributed by atoms with Gasteiger partial charge in [0.2, 0.25) is 11.8 Å². The van der Waals surface area contributed by atoms with Gasteiger partial charge in [-0.3, -0.25) is 14.5 Å². The third-order valence-corrected chi connectivity index (χ3v) is 4.83. The topological polar surface area (TPSA) is 52.7 Å². The number of rotatable bonds is 6. The molecule has 8 heteroatoms. The summed E-state index contributed by atoms with van der Waals surface area (Å²) in [5.41, 5.74) is 1.89. The molecule has 1 aliphatic heterocycles. The first kappa shape index (κ1) is 21.6. The fourth-order valence-electron chi connectivity index (χ4n) is 3.25. The molecule has 3 rings (SSSR count). The fraction of sp³-hybridized carbons (Fsp3) is 0.273. The van der Waals surface area contributed by atoms with Crippen LogP contribution in [0.4, 0.5) is 18.9 Å². The normalized spacial score (nSPS) is 13.9. The number of carbonyl (C=O) groups excluding carboxylic acids is 2. The molecule has 0 unspecified atom stereocenters. The first-order valence-corrected chi connectivity index (χ1v) is 9.49. The maximum atomic E-state index is 13.7. The van der Waals surface area contributed by atoms with Crippen LogP contribution in [0.3, 0.4) is 0 Å². The maximum absolute atomic E-state index is 13.7. The van der Waals surface area contributed by atoms with Crippen molar-refractivity contribution in [1.29, 1.82) is 0 Å². The van der Waals surface area contributed by atoms with E-state index >= 15 is 0 Å². The van der Waals surface area contributed by atoms with E-state index in [2.05, 4.69) is 5.32 Å². The van der Waals surface area contributed by atoms with Gasteiger partial charge in [-0.25, -0.2) is 13.2 Å². The van der Waals surface area contributed by atoms with E-state index in [1.54, 1.807) is 11.9 Å². The number of anilines is 1. The van der Waals surface area contributed by atoms with Crippen LogP contribution in [0.2, 0.25) is 0 Å². The molecule has 0 radical (unpaired) electrons. The Kier molecular flexibility index (Phi) is 6.89. The van der Waals surface area contributed by atoms with Gasteiger partial charge in [0.15, 0.2) is 17.5 Å². The number of nitrogens with zero attached hydrogens (tertiary/aromatic N) is 2. The van der Waals surface area contributed by atoms with Crippen LogP contribution < -0.4 is 5.32 Å². The summed E-state index contributed by atoms with van der Waals surface area (Å²) in [7, 11) is 1.58. The van der Waals surface area contributed by atoms with E-state index in [4.69, 9.17) is 0 Å². The molecule has 1 aliphatic rings. The minimum absolute atomic E-state index is 0.00217. The number of halogens is 3. The van der Waals surface area contributed by atoms with E-state index in [1.165, 1.54) is 10.5 Å². The summed E-state index contributed by atoms with van der Waals surface area (Å²) in [6.07, 6.45) is 2.77. The molecule has 0 saturated carbocycles. The van der Waals surface area contributed by atoms with Gasteiger partial charge in [0.25, 0.3) is 0 Å². The lowest BCUT2D eigenvalue weighted by Gasteiger charge is -2.28. The molecule has 158 valence electrons. The fourth-order valence-corrected chi connectivity index (χ4v) is 3.25. The Bertz CT molecular complexity index is 964. The Balaban J connectivity index is 1.49. The Hall–Kier alpha value is -3.13. The molecule has 1 heterocycles. The highest BCUT2D eigenvalue weighted by Gasteiger charge is 2.21. The predicted molar refractivity (Wildman–Crippen MR) is 108 cm³/mol. The summed E-state index contributed by atoms with van der Waals surface area (Å²) in [6.45, 7) is 0.869. The second-order valence-corrected chi connectivity index (χ2v) is 7.13. The number of nitrogens with one attached hydrogen (secondary N) is 1. The van der Waals surface area contributed by atoms with Gasteiger partial charge in [0.05, 0.1) is 18.8 Å². The van der Waals surface area contributed by atoms with E-state index in [1.807, 2.05) is 36.4 Å². The molecule has 1 N–H and O–H groups in total. The lowest BCUT2D eigenvalue weighted by molar-refractivity contribution is -0.132. The quantitative estimate of drug-likeness (QED) is 0.734. The van der Waals surface area contributed by atoms with Gasteiger partial charge in [0.1, 0.15) is 0 Å². The van der Waals surface area contributed by atoms with Crippen molar-refractivity contribution in [3.8, 4) is 0 Å². The molecule has 0 atom stereocenters. The summed E-state index contributed by atoms with van der Waals surface area (Å²) in [6, 6.07) is 11.6. The molecule has 5 nitrogen and oxygen atoms in total. The molecule has 0 aromatic heterocycles. The SMILES string of the molecule is CN(CC(=O)Nc1ccc(F)c(F)c1F)CC(=O)N1CC=C(c2ccccc2)CC1. The van der Waals surface area contributed by atoms with Crippen molar-refractivity contribution < 1.29 is 22.8 Å². The van der Waals surface area contributed by atoms with Crippen molar-refractivity contribution in [2.24, 2.45) is 0 Å². The van der Waals surface area contributed by atoms with Crippen molar-refractivity contribution in [3.05, 3.63) is 71.6 Å². The molecule has 0 fully saturated rings. The van der Waals surface area contributed by atoms with Gasteiger partial charge >= 0.3 is 0 Å². The summed E-state index contributed by atoms with van der Waals surface area (Å²) >= 11 is 0. The zero-order chi connectivity index (χ0) is 21.7. The standard InChI is InChI=1S/C22H22F3N3O2/c1-27(13-19(29)26-18-8-7-17(23)21(24)22(18)25)14-20(30)28-11-9-16(10-12-28)15-5-3-2-4-6-15/h2-9H,10-14H2,1H3,(H,26,29). The molecule has 0 saturated heterocycles. The van der Waals surface area contributed by atoms with Gasteiger partial charge in [-0.05, 0) is 36.7 Å². The second-order valence-electron chi connectivity index (χ2n) is 7.13. The smallest absolute Gasteiger partial charge is 0.238 e. The molecule has 0 spiro atoms. The Labute approximate surface area is 172 Å². The Morgan fingerprint density at radius 3 is 2.43 bits per heavy atom. The lowest BCUT2D eigenvalue weighted by atomic mass is 9.99. The first-order chi connectivity index (χ1) is 14.3. The van der Waals surface area contributed by atoms with Gasteiger partial charge in [-0.2, -0.15) is 0 Å². The largest absolute Gasteiger partial charge is 0.338 e. The van der Waals surface area contributed by atoms with Gasteiger partial charge in [-0.15, -0.1) is 0 Å². The van der Waals surface area contributed by atoms with Gasteiger partial charge in [-0.1, -0.05) is 36.4 Å². The van der Waals surface area contributed by atoms with Crippen LogP contribution in [0.15, 0.2) is 48.5 Å². The van der Waals surface area contributed by atoms with E-state index in [-0.39, 0.29) is 19.0 Å². The monoisotopic (exact) mass is 417 g/mol. The van der Waals surface area contributed by atoms with Crippen molar-refractivity contribution in [2.45, 2.75) is 6.42 Å². The summed E-state index contributed by atoms with van der Waals surface area (Å²) < 4.78 is 39.9. The highest BCUT2D eigenvalue weighted by atomic mass is 19.2. The first-order valence-electron chi connectivity index (χ1n) is 9.49. The maximum Gasteiger partial charge on any atom is 0.238 e. The van der Waals surface area contributed by atoms with E-state index in [0.29, 0.717) is 13.1 Å². The Morgan fingerprint density at radius 2 is 1.77 bits per heavy atom. The van der Waals surface area contributed by atoms with Crippen LogP contribution in [-0.2, 0) is 9.59 Å². The van der Waals surface area contributed by atoms with E-state index < -0.39 is 29.0 Å². The summed E-state index contributed by atoms with van der Waals surface area (Å²) in [5, 5.41) is 2.19. The zero-order valence-electron chi connectivity index (χ0n) is 16.5. The molecule has 2 aromatic rings.